The van der Waals surface area contributed by atoms with Gasteiger partial charge in [-0.05, 0) is 49.2 Å². The molecule has 106 valence electrons. The Labute approximate surface area is 138 Å². The van der Waals surface area contributed by atoms with Gasteiger partial charge in [0.2, 0.25) is 0 Å². The minimum atomic E-state index is 0.0454. The van der Waals surface area contributed by atoms with Crippen molar-refractivity contribution < 1.29 is 0 Å². The largest absolute Gasteiger partial charge is 0.328 e. The first-order chi connectivity index (χ1) is 9.47. The van der Waals surface area contributed by atoms with Gasteiger partial charge in [0.25, 0.3) is 0 Å². The Balaban J connectivity index is 2.38. The molecular formula is C15H14Cl3NS. The lowest BCUT2D eigenvalue weighted by Crippen LogP contribution is -2.18. The minimum Gasteiger partial charge on any atom is -0.328 e. The van der Waals surface area contributed by atoms with Gasteiger partial charge in [-0.3, -0.25) is 0 Å². The van der Waals surface area contributed by atoms with E-state index >= 15 is 0 Å². The van der Waals surface area contributed by atoms with E-state index < -0.39 is 0 Å². The van der Waals surface area contributed by atoms with Crippen LogP contribution in [0.25, 0.3) is 0 Å². The van der Waals surface area contributed by atoms with E-state index in [1.807, 2.05) is 31.2 Å². The number of halogens is 3. The maximum atomic E-state index is 6.28. The lowest BCUT2D eigenvalue weighted by Gasteiger charge is -2.14. The van der Waals surface area contributed by atoms with Crippen molar-refractivity contribution in [1.82, 2.24) is 0 Å². The van der Waals surface area contributed by atoms with E-state index in [1.54, 1.807) is 23.9 Å². The average molecular weight is 347 g/mol. The standard InChI is InChI=1S/C15H14Cl3NS/c1-9(19)7-11-12(17)3-2-4-14(11)20-15-8-10(16)5-6-13(15)18/h2-6,8-9H,7,19H2,1H3. The third kappa shape index (κ3) is 4.06. The Morgan fingerprint density at radius 1 is 1.05 bits per heavy atom. The zero-order valence-electron chi connectivity index (χ0n) is 10.9. The quantitative estimate of drug-likeness (QED) is 0.769. The first-order valence-corrected chi connectivity index (χ1v) is 8.08. The second-order valence-corrected chi connectivity index (χ2v) is 6.91. The summed E-state index contributed by atoms with van der Waals surface area (Å²) in [5.41, 5.74) is 6.94. The smallest absolute Gasteiger partial charge is 0.0546 e. The van der Waals surface area contributed by atoms with Crippen LogP contribution in [0.1, 0.15) is 12.5 Å². The fraction of sp³-hybridized carbons (Fsp3) is 0.200. The molecule has 0 aliphatic carbocycles. The van der Waals surface area contributed by atoms with Gasteiger partial charge in [0.1, 0.15) is 0 Å². The monoisotopic (exact) mass is 345 g/mol. The highest BCUT2D eigenvalue weighted by molar-refractivity contribution is 7.99. The molecule has 20 heavy (non-hydrogen) atoms. The number of benzene rings is 2. The van der Waals surface area contributed by atoms with E-state index in [-0.39, 0.29) is 6.04 Å². The molecular weight excluding hydrogens is 333 g/mol. The summed E-state index contributed by atoms with van der Waals surface area (Å²) < 4.78 is 0. The first-order valence-electron chi connectivity index (χ1n) is 6.13. The summed E-state index contributed by atoms with van der Waals surface area (Å²) in [5.74, 6) is 0. The normalized spacial score (nSPS) is 12.4. The highest BCUT2D eigenvalue weighted by Crippen LogP contribution is 2.38. The van der Waals surface area contributed by atoms with Crippen LogP contribution in [0.3, 0.4) is 0 Å². The van der Waals surface area contributed by atoms with Gasteiger partial charge in [-0.1, -0.05) is 52.6 Å². The fourth-order valence-corrected chi connectivity index (χ4v) is 3.66. The lowest BCUT2D eigenvalue weighted by atomic mass is 10.1. The highest BCUT2D eigenvalue weighted by atomic mass is 35.5. The molecule has 0 aliphatic rings. The van der Waals surface area contributed by atoms with Crippen LogP contribution in [0.15, 0.2) is 46.2 Å². The molecule has 2 aromatic carbocycles. The Kier molecular flexibility index (Phi) is 5.65. The summed E-state index contributed by atoms with van der Waals surface area (Å²) in [6.07, 6.45) is 0.722. The molecule has 0 radical (unpaired) electrons. The summed E-state index contributed by atoms with van der Waals surface area (Å²) in [5, 5.41) is 2.06. The molecule has 0 aliphatic heterocycles. The van der Waals surface area contributed by atoms with Crippen molar-refractivity contribution in [2.75, 3.05) is 0 Å². The minimum absolute atomic E-state index is 0.0454. The van der Waals surface area contributed by atoms with E-state index in [1.165, 1.54) is 0 Å². The highest BCUT2D eigenvalue weighted by Gasteiger charge is 2.12. The van der Waals surface area contributed by atoms with Crippen LogP contribution >= 0.6 is 46.6 Å². The van der Waals surface area contributed by atoms with Crippen LogP contribution in [0.5, 0.6) is 0 Å². The van der Waals surface area contributed by atoms with E-state index in [9.17, 15) is 0 Å². The van der Waals surface area contributed by atoms with Gasteiger partial charge in [0.05, 0.1) is 5.02 Å². The van der Waals surface area contributed by atoms with Gasteiger partial charge >= 0.3 is 0 Å². The molecule has 2 rings (SSSR count). The van der Waals surface area contributed by atoms with Crippen LogP contribution in [0.2, 0.25) is 15.1 Å². The molecule has 2 aromatic rings. The van der Waals surface area contributed by atoms with E-state index in [0.717, 1.165) is 26.8 Å². The predicted molar refractivity (Wildman–Crippen MR) is 89.4 cm³/mol. The molecule has 1 nitrogen and oxygen atoms in total. The molecule has 0 aromatic heterocycles. The Bertz CT molecular complexity index is 614. The average Bonchev–Trinajstić information content (AvgIpc) is 2.37. The Morgan fingerprint density at radius 2 is 1.80 bits per heavy atom. The number of nitrogens with two attached hydrogens (primary N) is 1. The fourth-order valence-electron chi connectivity index (χ4n) is 1.83. The van der Waals surface area contributed by atoms with Crippen LogP contribution in [0.4, 0.5) is 0 Å². The molecule has 0 amide bonds. The van der Waals surface area contributed by atoms with Crippen LogP contribution in [-0.4, -0.2) is 6.04 Å². The van der Waals surface area contributed by atoms with Crippen molar-refractivity contribution in [3.05, 3.63) is 57.0 Å². The van der Waals surface area contributed by atoms with E-state index in [2.05, 4.69) is 0 Å². The molecule has 0 fully saturated rings. The first kappa shape index (κ1) is 16.0. The van der Waals surface area contributed by atoms with E-state index in [4.69, 9.17) is 40.5 Å². The van der Waals surface area contributed by atoms with Crippen molar-refractivity contribution in [2.24, 2.45) is 5.73 Å². The molecule has 1 unspecified atom stereocenters. The third-order valence-corrected chi connectivity index (χ3v) is 4.91. The van der Waals surface area contributed by atoms with E-state index in [0.29, 0.717) is 10.0 Å². The second-order valence-electron chi connectivity index (χ2n) is 4.57. The van der Waals surface area contributed by atoms with Crippen molar-refractivity contribution in [1.29, 1.82) is 0 Å². The molecule has 5 heteroatoms. The van der Waals surface area contributed by atoms with Crippen LogP contribution < -0.4 is 5.73 Å². The molecule has 0 saturated carbocycles. The predicted octanol–water partition coefficient (Wildman–Crippen LogP) is 5.69. The topological polar surface area (TPSA) is 26.0 Å². The van der Waals surface area contributed by atoms with Crippen molar-refractivity contribution in [3.8, 4) is 0 Å². The molecule has 2 N–H and O–H groups in total. The maximum Gasteiger partial charge on any atom is 0.0546 e. The van der Waals surface area contributed by atoms with Gasteiger partial charge in [0, 0.05) is 25.9 Å². The summed E-state index contributed by atoms with van der Waals surface area (Å²) in [6.45, 7) is 1.96. The summed E-state index contributed by atoms with van der Waals surface area (Å²) in [6, 6.07) is 11.3. The molecule has 0 heterocycles. The zero-order chi connectivity index (χ0) is 14.7. The lowest BCUT2D eigenvalue weighted by molar-refractivity contribution is 0.729. The number of rotatable bonds is 4. The van der Waals surface area contributed by atoms with Gasteiger partial charge in [-0.2, -0.15) is 0 Å². The SMILES string of the molecule is CC(N)Cc1c(Cl)cccc1Sc1cc(Cl)ccc1Cl. The van der Waals surface area contributed by atoms with Gasteiger partial charge < -0.3 is 5.73 Å². The van der Waals surface area contributed by atoms with Crippen molar-refractivity contribution in [2.45, 2.75) is 29.2 Å². The molecule has 0 saturated heterocycles. The van der Waals surface area contributed by atoms with Crippen LogP contribution in [-0.2, 0) is 6.42 Å². The van der Waals surface area contributed by atoms with Crippen molar-refractivity contribution in [3.63, 3.8) is 0 Å². The summed E-state index contributed by atoms with van der Waals surface area (Å²) in [7, 11) is 0. The Hall–Kier alpha value is -0.380. The molecule has 1 atom stereocenters. The van der Waals surface area contributed by atoms with Crippen LogP contribution in [0, 0.1) is 0 Å². The molecule has 0 spiro atoms. The van der Waals surface area contributed by atoms with Crippen molar-refractivity contribution >= 4 is 46.6 Å². The maximum absolute atomic E-state index is 6.28. The van der Waals surface area contributed by atoms with Gasteiger partial charge in [0.15, 0.2) is 0 Å². The summed E-state index contributed by atoms with van der Waals surface area (Å²) >= 11 is 20.1. The molecule has 0 bridgehead atoms. The third-order valence-electron chi connectivity index (χ3n) is 2.72. The summed E-state index contributed by atoms with van der Waals surface area (Å²) in [4.78, 5) is 1.96. The Morgan fingerprint density at radius 3 is 2.50 bits per heavy atom. The number of hydrogen-bond donors (Lipinski definition) is 1. The number of hydrogen-bond acceptors (Lipinski definition) is 2. The van der Waals surface area contributed by atoms with Gasteiger partial charge in [-0.25, -0.2) is 0 Å². The second kappa shape index (κ2) is 7.06. The zero-order valence-corrected chi connectivity index (χ0v) is 14.0. The van der Waals surface area contributed by atoms with Gasteiger partial charge in [-0.15, -0.1) is 0 Å².